The Morgan fingerprint density at radius 1 is 0.292 bits per heavy atom. The van der Waals surface area contributed by atoms with Crippen LogP contribution >= 0.6 is 0 Å². The van der Waals surface area contributed by atoms with Gasteiger partial charge in [0.2, 0.25) is 0 Å². The number of nitrogens with zero attached hydrogens (tertiary/aromatic N) is 1. The SMILES string of the molecule is c1ccc2cc3c(cc2c1)oc1cc(N(c2ccc4c(ccc5oc6ccccc6c54)c2)c2ccc4c(c2)oc2ccccc24)ccc13. The van der Waals surface area contributed by atoms with Crippen LogP contribution in [0.25, 0.3) is 87.4 Å². The molecule has 224 valence electrons. The summed E-state index contributed by atoms with van der Waals surface area (Å²) in [6.07, 6.45) is 0. The van der Waals surface area contributed by atoms with Crippen molar-refractivity contribution in [3.05, 3.63) is 152 Å². The molecule has 0 saturated heterocycles. The quantitative estimate of drug-likeness (QED) is 0.198. The van der Waals surface area contributed by atoms with Crippen molar-refractivity contribution in [2.45, 2.75) is 0 Å². The zero-order valence-corrected chi connectivity index (χ0v) is 25.6. The Kier molecular flexibility index (Phi) is 5.08. The Hall–Kier alpha value is -6.52. The van der Waals surface area contributed by atoms with Crippen LogP contribution in [0.4, 0.5) is 17.1 Å². The third kappa shape index (κ3) is 3.65. The highest BCUT2D eigenvalue weighted by Crippen LogP contribution is 2.43. The minimum atomic E-state index is 0.847. The molecule has 4 nitrogen and oxygen atoms in total. The predicted octanol–water partition coefficient (Wildman–Crippen LogP) is 13.2. The molecule has 0 radical (unpaired) electrons. The molecule has 0 N–H and O–H groups in total. The molecule has 0 aliphatic heterocycles. The second-order valence-electron chi connectivity index (χ2n) is 12.5. The molecule has 0 spiro atoms. The lowest BCUT2D eigenvalue weighted by Gasteiger charge is -2.26. The summed E-state index contributed by atoms with van der Waals surface area (Å²) in [4.78, 5) is 2.28. The highest BCUT2D eigenvalue weighted by atomic mass is 16.3. The molecule has 0 aliphatic carbocycles. The van der Waals surface area contributed by atoms with Crippen LogP contribution in [0.15, 0.2) is 165 Å². The molecule has 0 atom stereocenters. The summed E-state index contributed by atoms with van der Waals surface area (Å²) in [6, 6.07) is 53.1. The van der Waals surface area contributed by atoms with Crippen LogP contribution in [0.5, 0.6) is 0 Å². The van der Waals surface area contributed by atoms with Crippen LogP contribution in [-0.2, 0) is 0 Å². The molecular formula is C44H25NO3. The number of furan rings is 3. The largest absolute Gasteiger partial charge is 0.456 e. The van der Waals surface area contributed by atoms with Gasteiger partial charge in [-0.05, 0) is 88.3 Å². The van der Waals surface area contributed by atoms with Crippen molar-refractivity contribution in [3.63, 3.8) is 0 Å². The highest BCUT2D eigenvalue weighted by Gasteiger charge is 2.19. The second-order valence-corrected chi connectivity index (χ2v) is 12.5. The first kappa shape index (κ1) is 25.6. The minimum absolute atomic E-state index is 0.847. The van der Waals surface area contributed by atoms with E-state index in [2.05, 4.69) is 132 Å². The van der Waals surface area contributed by atoms with Crippen molar-refractivity contribution in [1.82, 2.24) is 0 Å². The van der Waals surface area contributed by atoms with Gasteiger partial charge in [0.15, 0.2) is 0 Å². The number of anilines is 3. The summed E-state index contributed by atoms with van der Waals surface area (Å²) >= 11 is 0. The molecule has 0 fully saturated rings. The molecule has 0 saturated carbocycles. The average Bonchev–Trinajstić information content (AvgIpc) is 3.81. The first-order chi connectivity index (χ1) is 23.7. The molecule has 8 aromatic carbocycles. The van der Waals surface area contributed by atoms with Gasteiger partial charge in [0.1, 0.15) is 33.5 Å². The normalized spacial score (nSPS) is 12.2. The maximum atomic E-state index is 6.53. The molecule has 0 amide bonds. The fourth-order valence-electron chi connectivity index (χ4n) is 7.57. The first-order valence-electron chi connectivity index (χ1n) is 16.2. The van der Waals surface area contributed by atoms with Gasteiger partial charge in [-0.3, -0.25) is 0 Å². The van der Waals surface area contributed by atoms with E-state index in [1.165, 1.54) is 10.8 Å². The summed E-state index contributed by atoms with van der Waals surface area (Å²) < 4.78 is 19.1. The molecule has 3 aromatic heterocycles. The van der Waals surface area contributed by atoms with E-state index in [1.54, 1.807) is 0 Å². The van der Waals surface area contributed by atoms with Gasteiger partial charge in [0, 0.05) is 61.5 Å². The molecule has 11 aromatic rings. The Morgan fingerprint density at radius 3 is 1.58 bits per heavy atom. The van der Waals surface area contributed by atoms with Crippen LogP contribution < -0.4 is 4.90 Å². The molecule has 11 rings (SSSR count). The average molecular weight is 616 g/mol. The van der Waals surface area contributed by atoms with E-state index in [-0.39, 0.29) is 0 Å². The van der Waals surface area contributed by atoms with Gasteiger partial charge in [-0.15, -0.1) is 0 Å². The topological polar surface area (TPSA) is 42.7 Å². The zero-order chi connectivity index (χ0) is 31.3. The smallest absolute Gasteiger partial charge is 0.137 e. The third-order valence-electron chi connectivity index (χ3n) is 9.80. The van der Waals surface area contributed by atoms with Crippen LogP contribution in [0.1, 0.15) is 0 Å². The predicted molar refractivity (Wildman–Crippen MR) is 198 cm³/mol. The number of hydrogen-bond acceptors (Lipinski definition) is 4. The monoisotopic (exact) mass is 615 g/mol. The lowest BCUT2D eigenvalue weighted by atomic mass is 10.0. The first-order valence-corrected chi connectivity index (χ1v) is 16.2. The third-order valence-corrected chi connectivity index (χ3v) is 9.80. The van der Waals surface area contributed by atoms with Crippen molar-refractivity contribution in [2.24, 2.45) is 0 Å². The van der Waals surface area contributed by atoms with Gasteiger partial charge in [-0.1, -0.05) is 72.8 Å². The highest BCUT2D eigenvalue weighted by molar-refractivity contribution is 6.19. The van der Waals surface area contributed by atoms with E-state index in [0.29, 0.717) is 0 Å². The Morgan fingerprint density at radius 2 is 0.812 bits per heavy atom. The van der Waals surface area contributed by atoms with Crippen LogP contribution in [0.3, 0.4) is 0 Å². The number of benzene rings is 8. The zero-order valence-electron chi connectivity index (χ0n) is 25.6. The van der Waals surface area contributed by atoms with E-state index in [1.807, 2.05) is 24.3 Å². The molecule has 4 heteroatoms. The summed E-state index contributed by atoms with van der Waals surface area (Å²) in [6.45, 7) is 0. The molecular weight excluding hydrogens is 590 g/mol. The molecule has 0 aliphatic rings. The van der Waals surface area contributed by atoms with Crippen molar-refractivity contribution in [1.29, 1.82) is 0 Å². The summed E-state index contributed by atoms with van der Waals surface area (Å²) in [5.74, 6) is 0. The standard InChI is InChI=1S/C44H25NO3/c1-2-8-27-23-41-37(22-26(27)7-1)35-19-16-31(25-43(35)48-41)45(30-15-18-34-33-9-3-5-11-38(33)47-42(34)24-30)29-14-17-32-28(21-29)13-20-40-44(32)36-10-4-6-12-39(36)46-40/h1-25H. The molecule has 0 unspecified atom stereocenters. The fraction of sp³-hybridized carbons (Fsp3) is 0. The van der Waals surface area contributed by atoms with Crippen LogP contribution in [-0.4, -0.2) is 0 Å². The Bertz CT molecular complexity index is 3090. The lowest BCUT2D eigenvalue weighted by molar-refractivity contribution is 0.668. The van der Waals surface area contributed by atoms with E-state index in [4.69, 9.17) is 13.3 Å². The number of fused-ring (bicyclic) bond motifs is 12. The molecule has 0 bridgehead atoms. The maximum absolute atomic E-state index is 6.53. The van der Waals surface area contributed by atoms with Gasteiger partial charge < -0.3 is 18.2 Å². The van der Waals surface area contributed by atoms with Gasteiger partial charge in [0.05, 0.1) is 0 Å². The Balaban J connectivity index is 1.14. The van der Waals surface area contributed by atoms with E-state index in [0.717, 1.165) is 93.7 Å². The maximum Gasteiger partial charge on any atom is 0.137 e. The lowest BCUT2D eigenvalue weighted by Crippen LogP contribution is -2.09. The van der Waals surface area contributed by atoms with E-state index in [9.17, 15) is 0 Å². The minimum Gasteiger partial charge on any atom is -0.456 e. The van der Waals surface area contributed by atoms with Crippen molar-refractivity contribution < 1.29 is 13.3 Å². The summed E-state index contributed by atoms with van der Waals surface area (Å²) in [5.41, 5.74) is 8.29. The fourth-order valence-corrected chi connectivity index (χ4v) is 7.57. The summed E-state index contributed by atoms with van der Waals surface area (Å²) in [5, 5.41) is 11.4. The number of para-hydroxylation sites is 2. The van der Waals surface area contributed by atoms with Crippen LogP contribution in [0.2, 0.25) is 0 Å². The van der Waals surface area contributed by atoms with Crippen molar-refractivity contribution in [3.8, 4) is 0 Å². The van der Waals surface area contributed by atoms with Gasteiger partial charge in [-0.2, -0.15) is 0 Å². The molecule has 3 heterocycles. The van der Waals surface area contributed by atoms with Gasteiger partial charge in [0.25, 0.3) is 0 Å². The number of rotatable bonds is 3. The molecule has 48 heavy (non-hydrogen) atoms. The van der Waals surface area contributed by atoms with E-state index >= 15 is 0 Å². The van der Waals surface area contributed by atoms with Crippen molar-refractivity contribution in [2.75, 3.05) is 4.90 Å². The van der Waals surface area contributed by atoms with E-state index < -0.39 is 0 Å². The second kappa shape index (κ2) is 9.50. The summed E-state index contributed by atoms with van der Waals surface area (Å²) in [7, 11) is 0. The van der Waals surface area contributed by atoms with Crippen LogP contribution in [0, 0.1) is 0 Å². The number of hydrogen-bond donors (Lipinski definition) is 0. The van der Waals surface area contributed by atoms with Crippen molar-refractivity contribution >= 4 is 104 Å². The van der Waals surface area contributed by atoms with Gasteiger partial charge >= 0.3 is 0 Å². The Labute approximate surface area is 273 Å². The van der Waals surface area contributed by atoms with Gasteiger partial charge in [-0.25, -0.2) is 0 Å².